The van der Waals surface area contributed by atoms with Crippen molar-refractivity contribution in [1.29, 1.82) is 0 Å². The third-order valence-corrected chi connectivity index (χ3v) is 2.82. The molecule has 76 valence electrons. The predicted molar refractivity (Wildman–Crippen MR) is 60.8 cm³/mol. The van der Waals surface area contributed by atoms with Gasteiger partial charge in [0.2, 0.25) is 0 Å². The first-order valence-electron chi connectivity index (χ1n) is 5.30. The largest absolute Gasteiger partial charge is 0.385 e. The van der Waals surface area contributed by atoms with Crippen LogP contribution in [0.25, 0.3) is 11.4 Å². The minimum Gasteiger partial charge on any atom is -0.385 e. The Balaban J connectivity index is 2.04. The number of hydrogen-bond acceptors (Lipinski definition) is 2. The summed E-state index contributed by atoms with van der Waals surface area (Å²) in [5.41, 5.74) is 3.84. The molecule has 3 rings (SSSR count). The molecule has 2 heterocycles. The third kappa shape index (κ3) is 1.50. The van der Waals surface area contributed by atoms with Crippen LogP contribution in [0.15, 0.2) is 30.6 Å². The highest BCUT2D eigenvalue weighted by molar-refractivity contribution is 5.64. The molecule has 0 spiro atoms. The summed E-state index contributed by atoms with van der Waals surface area (Å²) in [5, 5.41) is 3.40. The maximum absolute atomic E-state index is 4.26. The minimum absolute atomic E-state index is 0.948. The van der Waals surface area contributed by atoms with Gasteiger partial charge in [0.25, 0.3) is 0 Å². The standard InChI is InChI=1S/C12H13N3/c1-2-9-8-10(12-14-6-7-15-12)3-4-11(9)13-5-1/h3-4,6-8,13H,1-2,5H2,(H,14,15). The second-order valence-corrected chi connectivity index (χ2v) is 3.84. The first-order chi connectivity index (χ1) is 7.43. The number of aromatic amines is 1. The molecular formula is C12H13N3. The minimum atomic E-state index is 0.948. The average molecular weight is 199 g/mol. The fraction of sp³-hybridized carbons (Fsp3) is 0.250. The van der Waals surface area contributed by atoms with Crippen LogP contribution in [-0.2, 0) is 6.42 Å². The molecule has 0 atom stereocenters. The molecule has 1 aliphatic heterocycles. The molecule has 1 aromatic heterocycles. The normalized spacial score (nSPS) is 14.4. The van der Waals surface area contributed by atoms with Crippen molar-refractivity contribution >= 4 is 5.69 Å². The molecule has 0 aliphatic carbocycles. The van der Waals surface area contributed by atoms with Crippen molar-refractivity contribution in [2.75, 3.05) is 11.9 Å². The number of benzene rings is 1. The topological polar surface area (TPSA) is 40.7 Å². The van der Waals surface area contributed by atoms with Gasteiger partial charge >= 0.3 is 0 Å². The maximum atomic E-state index is 4.26. The van der Waals surface area contributed by atoms with Gasteiger partial charge in [0.15, 0.2) is 0 Å². The molecule has 15 heavy (non-hydrogen) atoms. The number of anilines is 1. The van der Waals surface area contributed by atoms with E-state index in [-0.39, 0.29) is 0 Å². The summed E-state index contributed by atoms with van der Waals surface area (Å²) in [4.78, 5) is 7.39. The fourth-order valence-corrected chi connectivity index (χ4v) is 2.05. The molecule has 3 heteroatoms. The summed E-state index contributed by atoms with van der Waals surface area (Å²) >= 11 is 0. The van der Waals surface area contributed by atoms with Crippen molar-refractivity contribution in [3.8, 4) is 11.4 Å². The lowest BCUT2D eigenvalue weighted by Gasteiger charge is -2.18. The number of hydrogen-bond donors (Lipinski definition) is 2. The lowest BCUT2D eigenvalue weighted by molar-refractivity contribution is 0.830. The van der Waals surface area contributed by atoms with Gasteiger partial charge in [0.1, 0.15) is 5.82 Å². The Morgan fingerprint density at radius 1 is 1.27 bits per heavy atom. The second-order valence-electron chi connectivity index (χ2n) is 3.84. The van der Waals surface area contributed by atoms with Gasteiger partial charge in [0.05, 0.1) is 0 Å². The van der Waals surface area contributed by atoms with Gasteiger partial charge in [-0.3, -0.25) is 0 Å². The van der Waals surface area contributed by atoms with Gasteiger partial charge in [-0.15, -0.1) is 0 Å². The monoisotopic (exact) mass is 199 g/mol. The van der Waals surface area contributed by atoms with E-state index in [0.29, 0.717) is 0 Å². The highest BCUT2D eigenvalue weighted by Crippen LogP contribution is 2.26. The number of H-pyrrole nitrogens is 1. The summed E-state index contributed by atoms with van der Waals surface area (Å²) in [6.07, 6.45) is 6.02. The van der Waals surface area contributed by atoms with Crippen molar-refractivity contribution in [3.05, 3.63) is 36.2 Å². The van der Waals surface area contributed by atoms with Gasteiger partial charge in [-0.25, -0.2) is 4.98 Å². The van der Waals surface area contributed by atoms with Gasteiger partial charge in [-0.05, 0) is 36.6 Å². The summed E-state index contributed by atoms with van der Waals surface area (Å²) in [6, 6.07) is 6.47. The van der Waals surface area contributed by atoms with Crippen LogP contribution in [0.1, 0.15) is 12.0 Å². The number of aryl methyl sites for hydroxylation is 1. The predicted octanol–water partition coefficient (Wildman–Crippen LogP) is 2.43. The van der Waals surface area contributed by atoms with Crippen molar-refractivity contribution < 1.29 is 0 Å². The van der Waals surface area contributed by atoms with E-state index >= 15 is 0 Å². The first-order valence-corrected chi connectivity index (χ1v) is 5.30. The quantitative estimate of drug-likeness (QED) is 0.740. The molecule has 0 bridgehead atoms. The Kier molecular flexibility index (Phi) is 1.95. The lowest BCUT2D eigenvalue weighted by atomic mass is 10.0. The average Bonchev–Trinajstić information content (AvgIpc) is 2.82. The van der Waals surface area contributed by atoms with Crippen molar-refractivity contribution in [3.63, 3.8) is 0 Å². The van der Waals surface area contributed by atoms with E-state index in [0.717, 1.165) is 18.8 Å². The molecule has 2 N–H and O–H groups in total. The summed E-state index contributed by atoms with van der Waals surface area (Å²) < 4.78 is 0. The number of rotatable bonds is 1. The van der Waals surface area contributed by atoms with Crippen LogP contribution in [0.5, 0.6) is 0 Å². The van der Waals surface area contributed by atoms with E-state index in [1.165, 1.54) is 23.2 Å². The third-order valence-electron chi connectivity index (χ3n) is 2.82. The van der Waals surface area contributed by atoms with Crippen LogP contribution in [-0.4, -0.2) is 16.5 Å². The second kappa shape index (κ2) is 3.42. The van der Waals surface area contributed by atoms with Gasteiger partial charge in [-0.2, -0.15) is 0 Å². The zero-order chi connectivity index (χ0) is 10.1. The zero-order valence-electron chi connectivity index (χ0n) is 8.46. The Morgan fingerprint density at radius 2 is 2.27 bits per heavy atom. The summed E-state index contributed by atoms with van der Waals surface area (Å²) in [5.74, 6) is 0.948. The SMILES string of the molecule is c1c[nH]c(-c2ccc3c(c2)CCCN3)n1. The first kappa shape index (κ1) is 8.53. The van der Waals surface area contributed by atoms with E-state index in [2.05, 4.69) is 33.5 Å². The lowest BCUT2D eigenvalue weighted by Crippen LogP contribution is -2.11. The molecule has 3 nitrogen and oxygen atoms in total. The highest BCUT2D eigenvalue weighted by atomic mass is 14.9. The number of fused-ring (bicyclic) bond motifs is 1. The smallest absolute Gasteiger partial charge is 0.137 e. The maximum Gasteiger partial charge on any atom is 0.137 e. The summed E-state index contributed by atoms with van der Waals surface area (Å²) in [7, 11) is 0. The Morgan fingerprint density at radius 3 is 3.13 bits per heavy atom. The van der Waals surface area contributed by atoms with Crippen molar-refractivity contribution in [1.82, 2.24) is 9.97 Å². The molecule has 0 amide bonds. The van der Waals surface area contributed by atoms with Crippen LogP contribution < -0.4 is 5.32 Å². The molecule has 1 aromatic carbocycles. The molecular weight excluding hydrogens is 186 g/mol. The van der Waals surface area contributed by atoms with Crippen LogP contribution in [0, 0.1) is 0 Å². The van der Waals surface area contributed by atoms with Crippen LogP contribution >= 0.6 is 0 Å². The molecule has 0 unspecified atom stereocenters. The van der Waals surface area contributed by atoms with E-state index in [9.17, 15) is 0 Å². The van der Waals surface area contributed by atoms with Gasteiger partial charge in [0, 0.05) is 30.2 Å². The molecule has 0 radical (unpaired) electrons. The molecule has 2 aromatic rings. The zero-order valence-corrected chi connectivity index (χ0v) is 8.46. The van der Waals surface area contributed by atoms with E-state index in [1.54, 1.807) is 6.20 Å². The van der Waals surface area contributed by atoms with E-state index in [1.807, 2.05) is 6.20 Å². The highest BCUT2D eigenvalue weighted by Gasteiger charge is 2.09. The Bertz CT molecular complexity index is 460. The number of nitrogens with one attached hydrogen (secondary N) is 2. The van der Waals surface area contributed by atoms with E-state index < -0.39 is 0 Å². The van der Waals surface area contributed by atoms with Gasteiger partial charge < -0.3 is 10.3 Å². The van der Waals surface area contributed by atoms with Crippen molar-refractivity contribution in [2.45, 2.75) is 12.8 Å². The number of imidazole rings is 1. The fourth-order valence-electron chi connectivity index (χ4n) is 2.05. The Labute approximate surface area is 88.6 Å². The van der Waals surface area contributed by atoms with Crippen molar-refractivity contribution in [2.24, 2.45) is 0 Å². The molecule has 0 fully saturated rings. The number of aromatic nitrogens is 2. The number of nitrogens with zero attached hydrogens (tertiary/aromatic N) is 1. The molecule has 0 saturated carbocycles. The Hall–Kier alpha value is -1.77. The van der Waals surface area contributed by atoms with Crippen LogP contribution in [0.4, 0.5) is 5.69 Å². The van der Waals surface area contributed by atoms with Crippen LogP contribution in [0.2, 0.25) is 0 Å². The molecule has 1 aliphatic rings. The van der Waals surface area contributed by atoms with Crippen LogP contribution in [0.3, 0.4) is 0 Å². The molecule has 0 saturated heterocycles. The van der Waals surface area contributed by atoms with Gasteiger partial charge in [-0.1, -0.05) is 0 Å². The van der Waals surface area contributed by atoms with E-state index in [4.69, 9.17) is 0 Å². The summed E-state index contributed by atoms with van der Waals surface area (Å²) in [6.45, 7) is 1.09.